The average Bonchev–Trinajstić information content (AvgIpc) is 2.62. The second-order valence-corrected chi connectivity index (χ2v) is 2.58. The Balaban J connectivity index is 0.000000211. The van der Waals surface area contributed by atoms with Gasteiger partial charge in [-0.1, -0.05) is 0 Å². The first-order chi connectivity index (χ1) is 5.91. The standard InChI is InChI=1S/C5H8O2.C4H8O/c6-4-2-1-3-5-7;1-2-4-5-3-1/h4-5H,1-3H2;1-4H2. The molecule has 0 aromatic carbocycles. The summed E-state index contributed by atoms with van der Waals surface area (Å²) in [5.41, 5.74) is 0. The van der Waals surface area contributed by atoms with Crippen LogP contribution >= 0.6 is 0 Å². The molecule has 0 aromatic heterocycles. The van der Waals surface area contributed by atoms with Crippen molar-refractivity contribution in [3.8, 4) is 0 Å². The Morgan fingerprint density at radius 2 is 1.50 bits per heavy atom. The van der Waals surface area contributed by atoms with E-state index in [0.717, 1.165) is 25.8 Å². The van der Waals surface area contributed by atoms with E-state index in [2.05, 4.69) is 0 Å². The molecule has 1 rings (SSSR count). The van der Waals surface area contributed by atoms with E-state index in [9.17, 15) is 9.59 Å². The van der Waals surface area contributed by atoms with Gasteiger partial charge in [-0.3, -0.25) is 0 Å². The van der Waals surface area contributed by atoms with Gasteiger partial charge in [-0.05, 0) is 19.3 Å². The molecule has 0 saturated carbocycles. The van der Waals surface area contributed by atoms with E-state index in [0.29, 0.717) is 19.3 Å². The highest BCUT2D eigenvalue weighted by Crippen LogP contribution is 1.98. The number of ether oxygens (including phenoxy) is 1. The number of rotatable bonds is 4. The number of unbranched alkanes of at least 4 members (excludes halogenated alkanes) is 2. The fraction of sp³-hybridized carbons (Fsp3) is 0.778. The molecule has 70 valence electrons. The van der Waals surface area contributed by atoms with Gasteiger partial charge in [-0.25, -0.2) is 0 Å². The van der Waals surface area contributed by atoms with Crippen LogP contribution in [0.2, 0.25) is 0 Å². The molecule has 1 aliphatic heterocycles. The van der Waals surface area contributed by atoms with Gasteiger partial charge >= 0.3 is 0 Å². The van der Waals surface area contributed by atoms with Gasteiger partial charge in [0.05, 0.1) is 0 Å². The van der Waals surface area contributed by atoms with Crippen molar-refractivity contribution in [3.63, 3.8) is 0 Å². The van der Waals surface area contributed by atoms with Crippen molar-refractivity contribution in [1.82, 2.24) is 0 Å². The monoisotopic (exact) mass is 172 g/mol. The maximum Gasteiger partial charge on any atom is 0.120 e. The molecule has 12 heavy (non-hydrogen) atoms. The zero-order valence-electron chi connectivity index (χ0n) is 7.33. The Labute approximate surface area is 73.1 Å². The molecule has 0 aliphatic carbocycles. The predicted molar refractivity (Wildman–Crippen MR) is 46.0 cm³/mol. The van der Waals surface area contributed by atoms with Crippen LogP contribution in [0.4, 0.5) is 0 Å². The number of hydrogen-bond acceptors (Lipinski definition) is 3. The van der Waals surface area contributed by atoms with Crippen LogP contribution in [-0.4, -0.2) is 25.8 Å². The third-order valence-corrected chi connectivity index (χ3v) is 1.47. The fourth-order valence-electron chi connectivity index (χ4n) is 0.795. The summed E-state index contributed by atoms with van der Waals surface area (Å²) in [6, 6.07) is 0. The van der Waals surface area contributed by atoms with Gasteiger partial charge in [-0.2, -0.15) is 0 Å². The molecule has 0 radical (unpaired) electrons. The SMILES string of the molecule is C1CCOC1.O=CCCCC=O. The Morgan fingerprint density at radius 1 is 1.00 bits per heavy atom. The summed E-state index contributed by atoms with van der Waals surface area (Å²) in [7, 11) is 0. The Bertz CT molecular complexity index is 92.7. The van der Waals surface area contributed by atoms with Crippen molar-refractivity contribution in [2.75, 3.05) is 13.2 Å². The minimum atomic E-state index is 0.513. The van der Waals surface area contributed by atoms with Crippen LogP contribution in [0.1, 0.15) is 32.1 Å². The van der Waals surface area contributed by atoms with Crippen molar-refractivity contribution in [3.05, 3.63) is 0 Å². The fourth-order valence-corrected chi connectivity index (χ4v) is 0.795. The molecule has 0 atom stereocenters. The second-order valence-electron chi connectivity index (χ2n) is 2.58. The van der Waals surface area contributed by atoms with Crippen molar-refractivity contribution in [2.45, 2.75) is 32.1 Å². The van der Waals surface area contributed by atoms with Gasteiger partial charge in [0, 0.05) is 26.1 Å². The van der Waals surface area contributed by atoms with Gasteiger partial charge in [0.2, 0.25) is 0 Å². The third kappa shape index (κ3) is 9.30. The maximum absolute atomic E-state index is 9.56. The summed E-state index contributed by atoms with van der Waals surface area (Å²) in [5.74, 6) is 0. The normalized spacial score (nSPS) is 14.7. The molecule has 3 heteroatoms. The third-order valence-electron chi connectivity index (χ3n) is 1.47. The van der Waals surface area contributed by atoms with Crippen LogP contribution in [-0.2, 0) is 14.3 Å². The van der Waals surface area contributed by atoms with Crippen molar-refractivity contribution in [1.29, 1.82) is 0 Å². The molecule has 0 bridgehead atoms. The van der Waals surface area contributed by atoms with Gasteiger partial charge in [0.1, 0.15) is 12.6 Å². The zero-order chi connectivity index (χ0) is 9.07. The minimum absolute atomic E-state index is 0.513. The van der Waals surface area contributed by atoms with Crippen molar-refractivity contribution in [2.24, 2.45) is 0 Å². The highest BCUT2D eigenvalue weighted by atomic mass is 16.5. The van der Waals surface area contributed by atoms with E-state index in [1.807, 2.05) is 0 Å². The number of carbonyl (C=O) groups is 2. The van der Waals surface area contributed by atoms with E-state index in [1.165, 1.54) is 12.8 Å². The zero-order valence-corrected chi connectivity index (χ0v) is 7.33. The second kappa shape index (κ2) is 10.3. The van der Waals surface area contributed by atoms with Crippen LogP contribution in [0.5, 0.6) is 0 Å². The lowest BCUT2D eigenvalue weighted by atomic mass is 10.3. The Hall–Kier alpha value is -0.700. The van der Waals surface area contributed by atoms with Crippen LogP contribution in [0, 0.1) is 0 Å². The molecule has 1 fully saturated rings. The maximum atomic E-state index is 9.56. The lowest BCUT2D eigenvalue weighted by Gasteiger charge is -1.78. The molecule has 3 nitrogen and oxygen atoms in total. The number of hydrogen-bond donors (Lipinski definition) is 0. The predicted octanol–water partition coefficient (Wildman–Crippen LogP) is 1.35. The van der Waals surface area contributed by atoms with E-state index >= 15 is 0 Å². The lowest BCUT2D eigenvalue weighted by Crippen LogP contribution is -1.76. The Morgan fingerprint density at radius 3 is 1.75 bits per heavy atom. The van der Waals surface area contributed by atoms with Crippen LogP contribution < -0.4 is 0 Å². The van der Waals surface area contributed by atoms with Gasteiger partial charge in [-0.15, -0.1) is 0 Å². The molecule has 1 heterocycles. The molecular weight excluding hydrogens is 156 g/mol. The average molecular weight is 172 g/mol. The summed E-state index contributed by atoms with van der Waals surface area (Å²) in [5, 5.41) is 0. The summed E-state index contributed by atoms with van der Waals surface area (Å²) < 4.78 is 4.94. The van der Waals surface area contributed by atoms with E-state index in [4.69, 9.17) is 4.74 Å². The van der Waals surface area contributed by atoms with Gasteiger partial charge < -0.3 is 14.3 Å². The van der Waals surface area contributed by atoms with Crippen LogP contribution in [0.25, 0.3) is 0 Å². The van der Waals surface area contributed by atoms with Crippen LogP contribution in [0.15, 0.2) is 0 Å². The Kier molecular flexibility index (Phi) is 9.70. The largest absolute Gasteiger partial charge is 0.381 e. The first kappa shape index (κ1) is 11.3. The quantitative estimate of drug-likeness (QED) is 0.475. The van der Waals surface area contributed by atoms with Gasteiger partial charge in [0.15, 0.2) is 0 Å². The van der Waals surface area contributed by atoms with E-state index in [-0.39, 0.29) is 0 Å². The van der Waals surface area contributed by atoms with Crippen molar-refractivity contribution < 1.29 is 14.3 Å². The minimum Gasteiger partial charge on any atom is -0.381 e. The summed E-state index contributed by atoms with van der Waals surface area (Å²) in [6.07, 6.45) is 5.93. The number of carbonyl (C=O) groups excluding carboxylic acids is 2. The van der Waals surface area contributed by atoms with E-state index in [1.54, 1.807) is 0 Å². The molecule has 0 aromatic rings. The molecule has 0 N–H and O–H groups in total. The summed E-state index contributed by atoms with van der Waals surface area (Å²) in [6.45, 7) is 2.00. The summed E-state index contributed by atoms with van der Waals surface area (Å²) in [4.78, 5) is 19.1. The topological polar surface area (TPSA) is 43.4 Å². The molecule has 0 spiro atoms. The summed E-state index contributed by atoms with van der Waals surface area (Å²) >= 11 is 0. The molecule has 1 saturated heterocycles. The molecular formula is C9H16O3. The molecule has 1 aliphatic rings. The smallest absolute Gasteiger partial charge is 0.120 e. The van der Waals surface area contributed by atoms with E-state index < -0.39 is 0 Å². The van der Waals surface area contributed by atoms with Gasteiger partial charge in [0.25, 0.3) is 0 Å². The first-order valence-corrected chi connectivity index (χ1v) is 4.37. The van der Waals surface area contributed by atoms with Crippen molar-refractivity contribution >= 4 is 12.6 Å². The molecule has 0 amide bonds. The lowest BCUT2D eigenvalue weighted by molar-refractivity contribution is -0.108. The first-order valence-electron chi connectivity index (χ1n) is 4.37. The number of aldehydes is 2. The highest BCUT2D eigenvalue weighted by molar-refractivity contribution is 5.52. The van der Waals surface area contributed by atoms with Crippen LogP contribution in [0.3, 0.4) is 0 Å². The molecule has 0 unspecified atom stereocenters. The highest BCUT2D eigenvalue weighted by Gasteiger charge is 1.94.